The number of piperidine rings is 1. The minimum Gasteiger partial charge on any atom is -0.389 e. The standard InChI is InChI=1S/C14H20FNO/c1-10-5-7-16(8-6-10)14-4-3-12(15)9-13(14)11(2)17/h3-4,9-11,17H,5-8H2,1-2H3/t11-/m1/s1. The largest absolute Gasteiger partial charge is 0.389 e. The highest BCUT2D eigenvalue weighted by Gasteiger charge is 2.20. The first kappa shape index (κ1) is 12.4. The van der Waals surface area contributed by atoms with Crippen LogP contribution in [0.15, 0.2) is 18.2 Å². The fourth-order valence-corrected chi connectivity index (χ4v) is 2.40. The molecule has 1 fully saturated rings. The van der Waals surface area contributed by atoms with E-state index in [2.05, 4.69) is 11.8 Å². The van der Waals surface area contributed by atoms with Crippen molar-refractivity contribution in [1.82, 2.24) is 0 Å². The van der Waals surface area contributed by atoms with Crippen LogP contribution in [-0.2, 0) is 0 Å². The van der Waals surface area contributed by atoms with E-state index in [4.69, 9.17) is 0 Å². The summed E-state index contributed by atoms with van der Waals surface area (Å²) < 4.78 is 13.2. The van der Waals surface area contributed by atoms with E-state index in [1.54, 1.807) is 13.0 Å². The van der Waals surface area contributed by atoms with Crippen LogP contribution < -0.4 is 4.90 Å². The van der Waals surface area contributed by atoms with E-state index in [9.17, 15) is 9.50 Å². The van der Waals surface area contributed by atoms with Crippen molar-refractivity contribution in [1.29, 1.82) is 0 Å². The topological polar surface area (TPSA) is 23.5 Å². The molecule has 0 bridgehead atoms. The van der Waals surface area contributed by atoms with Gasteiger partial charge >= 0.3 is 0 Å². The molecule has 1 aromatic rings. The zero-order valence-corrected chi connectivity index (χ0v) is 10.5. The van der Waals surface area contributed by atoms with Crippen molar-refractivity contribution in [2.45, 2.75) is 32.8 Å². The molecule has 1 atom stereocenters. The monoisotopic (exact) mass is 237 g/mol. The molecule has 0 aromatic heterocycles. The molecule has 1 aromatic carbocycles. The van der Waals surface area contributed by atoms with Gasteiger partial charge in [-0.1, -0.05) is 6.92 Å². The lowest BCUT2D eigenvalue weighted by molar-refractivity contribution is 0.199. The summed E-state index contributed by atoms with van der Waals surface area (Å²) in [5, 5.41) is 9.72. The van der Waals surface area contributed by atoms with Crippen LogP contribution in [0.3, 0.4) is 0 Å². The number of anilines is 1. The van der Waals surface area contributed by atoms with Gasteiger partial charge in [0.25, 0.3) is 0 Å². The lowest BCUT2D eigenvalue weighted by Crippen LogP contribution is -2.33. The molecule has 0 spiro atoms. The molecule has 0 radical (unpaired) electrons. The molecule has 0 amide bonds. The zero-order chi connectivity index (χ0) is 12.4. The number of hydrogen-bond donors (Lipinski definition) is 1. The van der Waals surface area contributed by atoms with E-state index in [1.165, 1.54) is 12.1 Å². The van der Waals surface area contributed by atoms with Crippen molar-refractivity contribution in [3.05, 3.63) is 29.6 Å². The van der Waals surface area contributed by atoms with Gasteiger partial charge in [-0.25, -0.2) is 4.39 Å². The van der Waals surface area contributed by atoms with Crippen molar-refractivity contribution in [3.8, 4) is 0 Å². The smallest absolute Gasteiger partial charge is 0.123 e. The van der Waals surface area contributed by atoms with Crippen molar-refractivity contribution in [2.75, 3.05) is 18.0 Å². The maximum Gasteiger partial charge on any atom is 0.123 e. The van der Waals surface area contributed by atoms with Crippen molar-refractivity contribution >= 4 is 5.69 Å². The van der Waals surface area contributed by atoms with Crippen LogP contribution in [0.1, 0.15) is 38.4 Å². The third kappa shape index (κ3) is 2.78. The molecule has 2 nitrogen and oxygen atoms in total. The molecule has 1 heterocycles. The third-order valence-corrected chi connectivity index (χ3v) is 3.56. The van der Waals surface area contributed by atoms with Gasteiger partial charge in [0.2, 0.25) is 0 Å². The SMILES string of the molecule is CC1CCN(c2ccc(F)cc2[C@@H](C)O)CC1. The van der Waals surface area contributed by atoms with Gasteiger partial charge in [0.05, 0.1) is 6.10 Å². The average Bonchev–Trinajstić information content (AvgIpc) is 2.30. The zero-order valence-electron chi connectivity index (χ0n) is 10.5. The Bertz CT molecular complexity index is 384. The Hall–Kier alpha value is -1.09. The Morgan fingerprint density at radius 3 is 2.59 bits per heavy atom. The van der Waals surface area contributed by atoms with E-state index in [1.807, 2.05) is 0 Å². The van der Waals surface area contributed by atoms with Crippen LogP contribution in [0.2, 0.25) is 0 Å². The molecule has 1 aliphatic heterocycles. The van der Waals surface area contributed by atoms with E-state index in [-0.39, 0.29) is 5.82 Å². The highest BCUT2D eigenvalue weighted by atomic mass is 19.1. The number of hydrogen-bond acceptors (Lipinski definition) is 2. The minimum absolute atomic E-state index is 0.282. The highest BCUT2D eigenvalue weighted by Crippen LogP contribution is 2.30. The number of benzene rings is 1. The molecule has 1 N–H and O–H groups in total. The van der Waals surface area contributed by atoms with E-state index >= 15 is 0 Å². The van der Waals surface area contributed by atoms with Gasteiger partial charge in [-0.05, 0) is 43.9 Å². The van der Waals surface area contributed by atoms with Gasteiger partial charge in [-0.3, -0.25) is 0 Å². The third-order valence-electron chi connectivity index (χ3n) is 3.56. The second-order valence-corrected chi connectivity index (χ2v) is 5.05. The van der Waals surface area contributed by atoms with Gasteiger partial charge in [0.15, 0.2) is 0 Å². The second kappa shape index (κ2) is 5.05. The molecule has 94 valence electrons. The summed E-state index contributed by atoms with van der Waals surface area (Å²) in [7, 11) is 0. The summed E-state index contributed by atoms with van der Waals surface area (Å²) in [4.78, 5) is 2.25. The first-order valence-electron chi connectivity index (χ1n) is 6.30. The quantitative estimate of drug-likeness (QED) is 0.854. The van der Waals surface area contributed by atoms with Crippen LogP contribution in [0.25, 0.3) is 0 Å². The summed E-state index contributed by atoms with van der Waals surface area (Å²) >= 11 is 0. The highest BCUT2D eigenvalue weighted by molar-refractivity contribution is 5.55. The Balaban J connectivity index is 2.25. The van der Waals surface area contributed by atoms with E-state index < -0.39 is 6.10 Å². The molecular weight excluding hydrogens is 217 g/mol. The Kier molecular flexibility index (Phi) is 3.67. The van der Waals surface area contributed by atoms with Crippen LogP contribution >= 0.6 is 0 Å². The molecule has 17 heavy (non-hydrogen) atoms. The first-order chi connectivity index (χ1) is 8.08. The molecule has 0 saturated carbocycles. The average molecular weight is 237 g/mol. The van der Waals surface area contributed by atoms with Gasteiger partial charge in [-0.15, -0.1) is 0 Å². The predicted molar refractivity (Wildman–Crippen MR) is 67.6 cm³/mol. The summed E-state index contributed by atoms with van der Waals surface area (Å²) in [6.07, 6.45) is 1.70. The lowest BCUT2D eigenvalue weighted by atomic mass is 9.97. The molecular formula is C14H20FNO. The minimum atomic E-state index is -0.625. The van der Waals surface area contributed by atoms with Gasteiger partial charge in [0, 0.05) is 24.3 Å². The van der Waals surface area contributed by atoms with Crippen LogP contribution in [0, 0.1) is 11.7 Å². The van der Waals surface area contributed by atoms with Crippen molar-refractivity contribution in [2.24, 2.45) is 5.92 Å². The number of aliphatic hydroxyl groups excluding tert-OH is 1. The Labute approximate surface area is 102 Å². The van der Waals surface area contributed by atoms with Gasteiger partial charge in [0.1, 0.15) is 5.82 Å². The number of halogens is 1. The van der Waals surface area contributed by atoms with Crippen molar-refractivity contribution < 1.29 is 9.50 Å². The van der Waals surface area contributed by atoms with Crippen LogP contribution in [0.5, 0.6) is 0 Å². The summed E-state index contributed by atoms with van der Waals surface area (Å²) in [5.41, 5.74) is 1.67. The molecule has 1 saturated heterocycles. The van der Waals surface area contributed by atoms with E-state index in [0.717, 1.165) is 37.5 Å². The second-order valence-electron chi connectivity index (χ2n) is 5.05. The van der Waals surface area contributed by atoms with Crippen LogP contribution in [-0.4, -0.2) is 18.2 Å². The molecule has 3 heteroatoms. The number of rotatable bonds is 2. The van der Waals surface area contributed by atoms with Crippen molar-refractivity contribution in [3.63, 3.8) is 0 Å². The number of nitrogens with zero attached hydrogens (tertiary/aromatic N) is 1. The maximum atomic E-state index is 13.2. The predicted octanol–water partition coefficient (Wildman–Crippen LogP) is 3.12. The fraction of sp³-hybridized carbons (Fsp3) is 0.571. The van der Waals surface area contributed by atoms with Crippen LogP contribution in [0.4, 0.5) is 10.1 Å². The normalized spacial score (nSPS) is 19.4. The molecule has 0 unspecified atom stereocenters. The summed E-state index contributed by atoms with van der Waals surface area (Å²) in [6, 6.07) is 4.70. The van der Waals surface area contributed by atoms with Gasteiger partial charge < -0.3 is 10.0 Å². The van der Waals surface area contributed by atoms with E-state index in [0.29, 0.717) is 5.56 Å². The summed E-state index contributed by atoms with van der Waals surface area (Å²) in [5.74, 6) is 0.483. The molecule has 2 rings (SSSR count). The first-order valence-corrected chi connectivity index (χ1v) is 6.30. The molecule has 0 aliphatic carbocycles. The Morgan fingerprint density at radius 2 is 2.00 bits per heavy atom. The maximum absolute atomic E-state index is 13.2. The molecule has 1 aliphatic rings. The number of aliphatic hydroxyl groups is 1. The lowest BCUT2D eigenvalue weighted by Gasteiger charge is -2.34. The summed E-state index contributed by atoms with van der Waals surface area (Å²) in [6.45, 7) is 5.93. The van der Waals surface area contributed by atoms with Gasteiger partial charge in [-0.2, -0.15) is 0 Å². The fourth-order valence-electron chi connectivity index (χ4n) is 2.40. The Morgan fingerprint density at radius 1 is 1.35 bits per heavy atom.